The van der Waals surface area contributed by atoms with Crippen LogP contribution in [0.25, 0.3) is 0 Å². The molecule has 0 saturated heterocycles. The van der Waals surface area contributed by atoms with E-state index >= 15 is 0 Å². The number of carbonyl (C=O) groups excluding carboxylic acids is 6. The van der Waals surface area contributed by atoms with Gasteiger partial charge in [-0.05, 0) is 69.0 Å². The van der Waals surface area contributed by atoms with Crippen molar-refractivity contribution in [3.63, 3.8) is 0 Å². The molecule has 0 aliphatic rings. The maximum Gasteiger partial charge on any atom is 0.416 e. The third-order valence-electron chi connectivity index (χ3n) is 9.31. The predicted molar refractivity (Wildman–Crippen MR) is 254 cm³/mol. The van der Waals surface area contributed by atoms with E-state index in [1.165, 1.54) is 6.92 Å². The van der Waals surface area contributed by atoms with Crippen molar-refractivity contribution in [1.82, 2.24) is 25.9 Å². The molecular weight excluding hydrogens is 975 g/mol. The van der Waals surface area contributed by atoms with Crippen LogP contribution in [0.15, 0.2) is 46.5 Å². The molecule has 20 nitrogen and oxygen atoms in total. The second-order valence-electron chi connectivity index (χ2n) is 15.0. The van der Waals surface area contributed by atoms with Gasteiger partial charge >= 0.3 is 12.4 Å². The number of hydrogen-bond donors (Lipinski definition) is 12. The highest BCUT2D eigenvalue weighted by Gasteiger charge is 2.35. The van der Waals surface area contributed by atoms with Gasteiger partial charge in [0, 0.05) is 50.7 Å². The van der Waals surface area contributed by atoms with Crippen LogP contribution in [-0.4, -0.2) is 101 Å². The van der Waals surface area contributed by atoms with Gasteiger partial charge in [0.05, 0.1) is 62.6 Å². The zero-order chi connectivity index (χ0) is 52.0. The molecule has 0 unspecified atom stereocenters. The molecule has 3 aromatic rings. The van der Waals surface area contributed by atoms with Gasteiger partial charge in [-0.3, -0.25) is 39.6 Å². The van der Waals surface area contributed by atoms with E-state index in [1.54, 1.807) is 0 Å². The van der Waals surface area contributed by atoms with Crippen LogP contribution in [0.5, 0.6) is 0 Å². The number of aromatic nitrogens is 2. The maximum absolute atomic E-state index is 14.3. The Labute approximate surface area is 406 Å². The van der Waals surface area contributed by atoms with Crippen LogP contribution in [0.4, 0.5) is 49.1 Å². The minimum atomic E-state index is -5.00. The molecule has 1 aromatic heterocycles. The minimum absolute atomic E-state index is 0.00810. The summed E-state index contributed by atoms with van der Waals surface area (Å²) in [5.74, 6) is -4.45. The topological polar surface area (TPSA) is 338 Å². The number of guanidine groups is 1. The fourth-order valence-electron chi connectivity index (χ4n) is 5.95. The number of hydrogen-bond acceptors (Lipinski definition) is 14. The van der Waals surface area contributed by atoms with Crippen LogP contribution < -0.4 is 54.4 Å². The second kappa shape index (κ2) is 28.2. The molecule has 0 aliphatic carbocycles. The van der Waals surface area contributed by atoms with E-state index in [-0.39, 0.29) is 109 Å². The Kier molecular flexibility index (Phi) is 23.3. The molecule has 0 bridgehead atoms. The van der Waals surface area contributed by atoms with Crippen LogP contribution >= 0.6 is 23.5 Å². The van der Waals surface area contributed by atoms with E-state index in [4.69, 9.17) is 28.0 Å². The molecular formula is C42H54F6N14O6S2. The zero-order valence-electron chi connectivity index (χ0n) is 37.7. The van der Waals surface area contributed by atoms with Gasteiger partial charge in [-0.2, -0.15) is 26.3 Å². The summed E-state index contributed by atoms with van der Waals surface area (Å²) in [5.41, 5.74) is 10.7. The fraction of sp³-hybridized carbons (Fsp3) is 0.429. The molecule has 0 saturated carbocycles. The van der Waals surface area contributed by atoms with Crippen LogP contribution in [0.3, 0.4) is 0 Å². The highest BCUT2D eigenvalue weighted by Crippen LogP contribution is 2.43. The lowest BCUT2D eigenvalue weighted by Gasteiger charge is -2.20. The van der Waals surface area contributed by atoms with Crippen molar-refractivity contribution in [2.75, 3.05) is 65.5 Å². The number of benzene rings is 2. The largest absolute Gasteiger partial charge is 0.416 e. The van der Waals surface area contributed by atoms with E-state index in [0.717, 1.165) is 35.9 Å². The molecule has 2 aromatic carbocycles. The number of alkyl halides is 6. The van der Waals surface area contributed by atoms with Crippen molar-refractivity contribution in [1.29, 1.82) is 10.8 Å². The van der Waals surface area contributed by atoms with Gasteiger partial charge in [-0.15, -0.1) is 23.5 Å². The monoisotopic (exact) mass is 1030 g/mol. The number of amides is 5. The number of nitrogens with one attached hydrogen (secondary N) is 9. The first-order valence-electron chi connectivity index (χ1n) is 21.4. The molecule has 15 N–H and O–H groups in total. The number of halogens is 6. The maximum atomic E-state index is 14.3. The lowest BCUT2D eigenvalue weighted by Crippen LogP contribution is -2.31. The summed E-state index contributed by atoms with van der Waals surface area (Å²) in [6.45, 7) is 1.55. The highest BCUT2D eigenvalue weighted by atomic mass is 32.2. The quantitative estimate of drug-likeness (QED) is 0.0159. The summed E-state index contributed by atoms with van der Waals surface area (Å²) >= 11 is 1.78. The number of carbonyl (C=O) groups is 6. The van der Waals surface area contributed by atoms with Crippen molar-refractivity contribution in [3.8, 4) is 0 Å². The fourth-order valence-corrected chi connectivity index (χ4v) is 7.92. The standard InChI is InChI=1S/C42H54F6N14O6S2/c1-23(51)54-10-4-2-8-33(64)59-27-15-24(41(43,44)45)17-29(36(27)69-13-6-7-26(63)20-49)61-38(67)31-19-32(58-22-57-31)39(68)62-30-18-25(42(46,47)48)16-28(37(30)70-14-12-55-35(66)21-50)60-34(65)9-3-5-11-56-40(52)53/h15-19,22H,2-14,20-21,49-50H2,1H3,(H2,51,54)(H,55,66)(H,59,64)(H,60,65)(H,61,67)(H,62,68)(H4,52,53,56). The summed E-state index contributed by atoms with van der Waals surface area (Å²) < 4.78 is 86.0. The summed E-state index contributed by atoms with van der Waals surface area (Å²) in [6, 6.07) is 3.40. The van der Waals surface area contributed by atoms with Gasteiger partial charge in [0.25, 0.3) is 11.8 Å². The molecule has 0 atom stereocenters. The van der Waals surface area contributed by atoms with Gasteiger partial charge in [-0.25, -0.2) is 9.97 Å². The molecule has 3 rings (SSSR count). The summed E-state index contributed by atoms with van der Waals surface area (Å²) in [7, 11) is 0. The number of Topliss-reactive ketones (excluding diaryl/α,β-unsaturated/α-hetero) is 1. The first-order chi connectivity index (χ1) is 33.0. The van der Waals surface area contributed by atoms with Gasteiger partial charge < -0.3 is 54.4 Å². The second-order valence-corrected chi connectivity index (χ2v) is 17.2. The van der Waals surface area contributed by atoms with Gasteiger partial charge in [0.15, 0.2) is 5.96 Å². The number of amidine groups is 1. The van der Waals surface area contributed by atoms with Crippen molar-refractivity contribution >= 4 is 93.4 Å². The highest BCUT2D eigenvalue weighted by molar-refractivity contribution is 7.99. The number of thioether (sulfide) groups is 2. The van der Waals surface area contributed by atoms with Crippen LogP contribution in [0.2, 0.25) is 0 Å². The molecule has 382 valence electrons. The Hall–Kier alpha value is -6.52. The first-order valence-corrected chi connectivity index (χ1v) is 23.3. The zero-order valence-corrected chi connectivity index (χ0v) is 39.4. The van der Waals surface area contributed by atoms with E-state index in [9.17, 15) is 55.1 Å². The Morgan fingerprint density at radius 3 is 1.46 bits per heavy atom. The number of nitrogens with two attached hydrogens (primary N) is 3. The van der Waals surface area contributed by atoms with Crippen LogP contribution in [0, 0.1) is 10.8 Å². The molecule has 0 radical (unpaired) electrons. The predicted octanol–water partition coefficient (Wildman–Crippen LogP) is 4.87. The van der Waals surface area contributed by atoms with E-state index in [0.29, 0.717) is 50.1 Å². The van der Waals surface area contributed by atoms with Gasteiger partial charge in [0.1, 0.15) is 23.5 Å². The van der Waals surface area contributed by atoms with Crippen molar-refractivity contribution in [2.24, 2.45) is 17.2 Å². The van der Waals surface area contributed by atoms with Gasteiger partial charge in [0.2, 0.25) is 17.7 Å². The third kappa shape index (κ3) is 20.2. The Morgan fingerprint density at radius 2 is 1.03 bits per heavy atom. The number of ketones is 1. The summed E-state index contributed by atoms with van der Waals surface area (Å²) in [5, 5.41) is 32.2. The van der Waals surface area contributed by atoms with Crippen molar-refractivity contribution in [3.05, 3.63) is 59.2 Å². The smallest absolute Gasteiger partial charge is 0.374 e. The number of anilines is 4. The lowest BCUT2D eigenvalue weighted by molar-refractivity contribution is -0.138. The van der Waals surface area contributed by atoms with Crippen molar-refractivity contribution in [2.45, 2.75) is 80.4 Å². The molecule has 70 heavy (non-hydrogen) atoms. The summed E-state index contributed by atoms with van der Waals surface area (Å²) in [6.07, 6.45) is -7.84. The average molecular weight is 1030 g/mol. The van der Waals surface area contributed by atoms with Gasteiger partial charge in [-0.1, -0.05) is 0 Å². The Morgan fingerprint density at radius 1 is 0.571 bits per heavy atom. The third-order valence-corrected chi connectivity index (χ3v) is 11.7. The number of nitrogens with zero attached hydrogens (tertiary/aromatic N) is 2. The van der Waals surface area contributed by atoms with Crippen molar-refractivity contribution < 1.29 is 55.1 Å². The summed E-state index contributed by atoms with van der Waals surface area (Å²) in [4.78, 5) is 84.9. The minimum Gasteiger partial charge on any atom is -0.374 e. The normalized spacial score (nSPS) is 11.3. The Balaban J connectivity index is 2.02. The molecule has 0 aliphatic heterocycles. The lowest BCUT2D eigenvalue weighted by atomic mass is 10.1. The van der Waals surface area contributed by atoms with E-state index in [1.807, 2.05) is 0 Å². The molecule has 1 heterocycles. The molecule has 28 heteroatoms. The SMILES string of the molecule is CC(=N)NCCCCC(=O)Nc1cc(C(F)(F)F)cc(NC(=O)c2cc(C(=O)Nc3cc(C(F)(F)F)cc(NC(=O)CCCCNC(=N)N)c3SCCNC(=O)CN)ncn2)c1SCCCC(=O)CN. The Bertz CT molecular complexity index is 2220. The van der Waals surface area contributed by atoms with Crippen LogP contribution in [-0.2, 0) is 31.5 Å². The average Bonchev–Trinajstić information content (AvgIpc) is 3.28. The van der Waals surface area contributed by atoms with E-state index in [2.05, 4.69) is 47.2 Å². The molecule has 0 fully saturated rings. The molecule has 0 spiro atoms. The van der Waals surface area contributed by atoms with Crippen LogP contribution in [0.1, 0.15) is 90.4 Å². The first kappa shape index (κ1) is 57.8. The molecule has 5 amide bonds. The van der Waals surface area contributed by atoms with E-state index < -0.39 is 75.8 Å². The number of rotatable bonds is 27. The number of unbranched alkanes of at least 4 members (excludes halogenated alkanes) is 2.